The maximum absolute atomic E-state index is 5.42. The molecule has 2 rings (SSSR count). The Morgan fingerprint density at radius 2 is 1.94 bits per heavy atom. The minimum atomic E-state index is 0.450. The highest BCUT2D eigenvalue weighted by atomic mass is 16.5. The van der Waals surface area contributed by atoms with E-state index in [4.69, 9.17) is 4.52 Å². The highest BCUT2D eigenvalue weighted by Gasteiger charge is 2.13. The molecule has 0 amide bonds. The van der Waals surface area contributed by atoms with Crippen molar-refractivity contribution in [2.75, 3.05) is 0 Å². The van der Waals surface area contributed by atoms with E-state index in [1.54, 1.807) is 0 Å². The SMILES string of the molecule is Cc1c(CNC(C)C)noc1-c1ccccc1. The van der Waals surface area contributed by atoms with Crippen molar-refractivity contribution < 1.29 is 4.52 Å². The van der Waals surface area contributed by atoms with Crippen LogP contribution in [-0.4, -0.2) is 11.2 Å². The van der Waals surface area contributed by atoms with Gasteiger partial charge in [-0.15, -0.1) is 0 Å². The first kappa shape index (κ1) is 11.9. The molecule has 3 heteroatoms. The third kappa shape index (κ3) is 2.74. The Balaban J connectivity index is 2.21. The highest BCUT2D eigenvalue weighted by Crippen LogP contribution is 2.25. The van der Waals surface area contributed by atoms with Gasteiger partial charge in [0.1, 0.15) is 5.69 Å². The van der Waals surface area contributed by atoms with Crippen LogP contribution in [-0.2, 0) is 6.54 Å². The van der Waals surface area contributed by atoms with Gasteiger partial charge < -0.3 is 9.84 Å². The molecule has 1 N–H and O–H groups in total. The molecule has 1 heterocycles. The van der Waals surface area contributed by atoms with Crippen molar-refractivity contribution >= 4 is 0 Å². The fraction of sp³-hybridized carbons (Fsp3) is 0.357. The Morgan fingerprint density at radius 3 is 2.59 bits per heavy atom. The number of rotatable bonds is 4. The van der Waals surface area contributed by atoms with Crippen LogP contribution < -0.4 is 5.32 Å². The fourth-order valence-electron chi connectivity index (χ4n) is 1.69. The zero-order chi connectivity index (χ0) is 12.3. The molecule has 0 saturated carbocycles. The molecule has 2 aromatic rings. The van der Waals surface area contributed by atoms with Crippen LogP contribution in [0.5, 0.6) is 0 Å². The van der Waals surface area contributed by atoms with E-state index in [1.807, 2.05) is 30.3 Å². The van der Waals surface area contributed by atoms with Gasteiger partial charge in [0.05, 0.1) is 0 Å². The average molecular weight is 230 g/mol. The van der Waals surface area contributed by atoms with Gasteiger partial charge in [-0.1, -0.05) is 49.3 Å². The summed E-state index contributed by atoms with van der Waals surface area (Å²) in [7, 11) is 0. The quantitative estimate of drug-likeness (QED) is 0.876. The molecule has 0 fully saturated rings. The molecule has 0 atom stereocenters. The second-order valence-corrected chi connectivity index (χ2v) is 4.49. The van der Waals surface area contributed by atoms with Crippen molar-refractivity contribution in [3.8, 4) is 11.3 Å². The van der Waals surface area contributed by atoms with E-state index in [2.05, 4.69) is 31.2 Å². The van der Waals surface area contributed by atoms with Crippen molar-refractivity contribution in [2.45, 2.75) is 33.4 Å². The summed E-state index contributed by atoms with van der Waals surface area (Å²) in [5.74, 6) is 0.867. The van der Waals surface area contributed by atoms with Crippen LogP contribution in [0, 0.1) is 6.92 Å². The molecule has 90 valence electrons. The third-order valence-corrected chi connectivity index (χ3v) is 2.73. The summed E-state index contributed by atoms with van der Waals surface area (Å²) < 4.78 is 5.42. The maximum atomic E-state index is 5.42. The molecule has 0 aliphatic rings. The molecule has 0 aliphatic heterocycles. The molecule has 0 spiro atoms. The summed E-state index contributed by atoms with van der Waals surface area (Å²) >= 11 is 0. The lowest BCUT2D eigenvalue weighted by atomic mass is 10.1. The molecule has 0 aliphatic carbocycles. The Bertz CT molecular complexity index is 474. The van der Waals surface area contributed by atoms with Crippen molar-refractivity contribution in [2.24, 2.45) is 0 Å². The summed E-state index contributed by atoms with van der Waals surface area (Å²) in [6.07, 6.45) is 0. The molecule has 1 aromatic heterocycles. The number of benzene rings is 1. The molecule has 0 unspecified atom stereocenters. The smallest absolute Gasteiger partial charge is 0.170 e. The lowest BCUT2D eigenvalue weighted by Gasteiger charge is -2.05. The molecule has 0 radical (unpaired) electrons. The van der Waals surface area contributed by atoms with Crippen molar-refractivity contribution in [3.05, 3.63) is 41.6 Å². The molecular formula is C14H18N2O. The van der Waals surface area contributed by atoms with E-state index in [-0.39, 0.29) is 0 Å². The van der Waals surface area contributed by atoms with E-state index < -0.39 is 0 Å². The Hall–Kier alpha value is -1.61. The highest BCUT2D eigenvalue weighted by molar-refractivity contribution is 5.61. The second-order valence-electron chi connectivity index (χ2n) is 4.49. The largest absolute Gasteiger partial charge is 0.356 e. The number of nitrogens with one attached hydrogen (secondary N) is 1. The summed E-state index contributed by atoms with van der Waals surface area (Å²) in [6.45, 7) is 7.04. The Kier molecular flexibility index (Phi) is 3.59. The molecule has 17 heavy (non-hydrogen) atoms. The normalized spacial score (nSPS) is 11.1. The average Bonchev–Trinajstić information content (AvgIpc) is 2.69. The van der Waals surface area contributed by atoms with Gasteiger partial charge in [0.2, 0.25) is 0 Å². The Morgan fingerprint density at radius 1 is 1.24 bits per heavy atom. The molecule has 3 nitrogen and oxygen atoms in total. The number of hydrogen-bond acceptors (Lipinski definition) is 3. The third-order valence-electron chi connectivity index (χ3n) is 2.73. The number of hydrogen-bond donors (Lipinski definition) is 1. The summed E-state index contributed by atoms with van der Waals surface area (Å²) in [6, 6.07) is 10.5. The molecular weight excluding hydrogens is 212 g/mol. The van der Waals surface area contributed by atoms with Crippen molar-refractivity contribution in [1.82, 2.24) is 10.5 Å². The number of aromatic nitrogens is 1. The molecule has 0 saturated heterocycles. The zero-order valence-electron chi connectivity index (χ0n) is 10.5. The lowest BCUT2D eigenvalue weighted by molar-refractivity contribution is 0.417. The summed E-state index contributed by atoms with van der Waals surface area (Å²) in [4.78, 5) is 0. The number of nitrogens with zero attached hydrogens (tertiary/aromatic N) is 1. The van der Waals surface area contributed by atoms with Gasteiger partial charge in [0.25, 0.3) is 0 Å². The first-order valence-corrected chi connectivity index (χ1v) is 5.92. The standard InChI is InChI=1S/C14H18N2O/c1-10(2)15-9-13-11(3)14(17-16-13)12-7-5-4-6-8-12/h4-8,10,15H,9H2,1-3H3. The van der Waals surface area contributed by atoms with Crippen molar-refractivity contribution in [3.63, 3.8) is 0 Å². The predicted octanol–water partition coefficient (Wildman–Crippen LogP) is 3.15. The van der Waals surface area contributed by atoms with E-state index in [0.29, 0.717) is 6.04 Å². The first-order chi connectivity index (χ1) is 8.18. The van der Waals surface area contributed by atoms with E-state index in [1.165, 1.54) is 0 Å². The summed E-state index contributed by atoms with van der Waals surface area (Å²) in [5, 5.41) is 7.47. The summed E-state index contributed by atoms with van der Waals surface area (Å²) in [5.41, 5.74) is 3.18. The van der Waals surface area contributed by atoms with Gasteiger partial charge in [0.15, 0.2) is 5.76 Å². The van der Waals surface area contributed by atoms with Crippen LogP contribution in [0.2, 0.25) is 0 Å². The van der Waals surface area contributed by atoms with E-state index in [9.17, 15) is 0 Å². The monoisotopic (exact) mass is 230 g/mol. The van der Waals surface area contributed by atoms with Gasteiger partial charge >= 0.3 is 0 Å². The van der Waals surface area contributed by atoms with E-state index in [0.717, 1.165) is 29.1 Å². The van der Waals surface area contributed by atoms with Crippen LogP contribution in [0.1, 0.15) is 25.1 Å². The zero-order valence-corrected chi connectivity index (χ0v) is 10.5. The topological polar surface area (TPSA) is 38.1 Å². The van der Waals surface area contributed by atoms with Crippen LogP contribution in [0.25, 0.3) is 11.3 Å². The molecule has 0 bridgehead atoms. The van der Waals surface area contributed by atoms with Crippen molar-refractivity contribution in [1.29, 1.82) is 0 Å². The Labute approximate surface area is 102 Å². The van der Waals surface area contributed by atoms with E-state index >= 15 is 0 Å². The molecule has 1 aromatic carbocycles. The van der Waals surface area contributed by atoms with Gasteiger partial charge in [-0.3, -0.25) is 0 Å². The van der Waals surface area contributed by atoms with Gasteiger partial charge in [-0.25, -0.2) is 0 Å². The van der Waals surface area contributed by atoms with Crippen LogP contribution >= 0.6 is 0 Å². The minimum absolute atomic E-state index is 0.450. The van der Waals surface area contributed by atoms with Crippen LogP contribution in [0.4, 0.5) is 0 Å². The lowest BCUT2D eigenvalue weighted by Crippen LogP contribution is -2.22. The van der Waals surface area contributed by atoms with Gasteiger partial charge in [-0.2, -0.15) is 0 Å². The second kappa shape index (κ2) is 5.15. The predicted molar refractivity (Wildman–Crippen MR) is 68.7 cm³/mol. The van der Waals surface area contributed by atoms with Crippen LogP contribution in [0.15, 0.2) is 34.9 Å². The first-order valence-electron chi connectivity index (χ1n) is 5.92. The van der Waals surface area contributed by atoms with Gasteiger partial charge in [-0.05, 0) is 6.92 Å². The van der Waals surface area contributed by atoms with Gasteiger partial charge in [0, 0.05) is 23.7 Å². The maximum Gasteiger partial charge on any atom is 0.170 e. The van der Waals surface area contributed by atoms with Crippen LogP contribution in [0.3, 0.4) is 0 Å². The minimum Gasteiger partial charge on any atom is -0.356 e. The fourth-order valence-corrected chi connectivity index (χ4v) is 1.69.